The van der Waals surface area contributed by atoms with Crippen LogP contribution < -0.4 is 10.1 Å². The molecule has 2 fully saturated rings. The molecule has 1 saturated carbocycles. The first kappa shape index (κ1) is 20.2. The molecule has 32 heavy (non-hydrogen) atoms. The zero-order valence-corrected chi connectivity index (χ0v) is 16.7. The molecule has 5 rings (SSSR count). The van der Waals surface area contributed by atoms with Crippen LogP contribution in [0.2, 0.25) is 0 Å². The Morgan fingerprint density at radius 3 is 2.84 bits per heavy atom. The highest BCUT2D eigenvalue weighted by atomic mass is 19.4. The number of anilines is 1. The van der Waals surface area contributed by atoms with E-state index in [1.165, 1.54) is 30.3 Å². The summed E-state index contributed by atoms with van der Waals surface area (Å²) in [7, 11) is 0. The number of nitrogens with zero attached hydrogens (tertiary/aromatic N) is 5. The van der Waals surface area contributed by atoms with Crippen molar-refractivity contribution in [3.63, 3.8) is 0 Å². The van der Waals surface area contributed by atoms with Crippen LogP contribution in [-0.2, 0) is 15.3 Å². The van der Waals surface area contributed by atoms with Crippen LogP contribution in [-0.4, -0.2) is 48.6 Å². The molecule has 1 aliphatic heterocycles. The summed E-state index contributed by atoms with van der Waals surface area (Å²) < 4.78 is 43.2. The summed E-state index contributed by atoms with van der Waals surface area (Å²) in [6.07, 6.45) is 0.773. The Bertz CT molecular complexity index is 1230. The van der Waals surface area contributed by atoms with E-state index in [0.29, 0.717) is 24.0 Å². The lowest BCUT2D eigenvalue weighted by Gasteiger charge is -2.33. The lowest BCUT2D eigenvalue weighted by atomic mass is 10.1. The van der Waals surface area contributed by atoms with Gasteiger partial charge in [0.2, 0.25) is 11.8 Å². The van der Waals surface area contributed by atoms with Gasteiger partial charge in [-0.1, -0.05) is 6.07 Å². The second-order valence-electron chi connectivity index (χ2n) is 7.83. The summed E-state index contributed by atoms with van der Waals surface area (Å²) in [4.78, 5) is 39.7. The van der Waals surface area contributed by atoms with Crippen molar-refractivity contribution < 1.29 is 27.5 Å². The molecule has 0 radical (unpaired) electrons. The lowest BCUT2D eigenvalue weighted by molar-refractivity contribution is -0.274. The second kappa shape index (κ2) is 6.90. The first-order valence-electron chi connectivity index (χ1n) is 9.79. The fourth-order valence-electron chi connectivity index (χ4n) is 4.69. The molecule has 166 valence electrons. The fourth-order valence-corrected chi connectivity index (χ4v) is 4.69. The van der Waals surface area contributed by atoms with Crippen molar-refractivity contribution in [2.45, 2.75) is 37.8 Å². The lowest BCUT2D eigenvalue weighted by Crippen LogP contribution is -2.50. The molecule has 3 unspecified atom stereocenters. The molecule has 2 aliphatic rings. The Morgan fingerprint density at radius 1 is 1.28 bits per heavy atom. The van der Waals surface area contributed by atoms with Gasteiger partial charge in [-0.15, -0.1) is 13.2 Å². The van der Waals surface area contributed by atoms with Crippen molar-refractivity contribution in [1.82, 2.24) is 24.4 Å². The van der Waals surface area contributed by atoms with Crippen molar-refractivity contribution in [3.8, 4) is 5.75 Å². The van der Waals surface area contributed by atoms with Crippen LogP contribution in [0.3, 0.4) is 0 Å². The molecule has 1 N–H and O–H groups in total. The number of nitrogens with one attached hydrogen (secondary N) is 1. The molecule has 3 heterocycles. The van der Waals surface area contributed by atoms with E-state index in [1.54, 1.807) is 17.1 Å². The van der Waals surface area contributed by atoms with Crippen LogP contribution >= 0.6 is 0 Å². The number of alkyl halides is 3. The number of likely N-dealkylation sites (tertiary alicyclic amines) is 1. The zero-order chi connectivity index (χ0) is 22.7. The highest BCUT2D eigenvalue weighted by molar-refractivity contribution is 5.98. The van der Waals surface area contributed by atoms with Gasteiger partial charge < -0.3 is 15.0 Å². The van der Waals surface area contributed by atoms with Gasteiger partial charge in [0.05, 0.1) is 12.5 Å². The van der Waals surface area contributed by atoms with Crippen LogP contribution in [0.15, 0.2) is 43.1 Å². The molecular weight excluding hydrogens is 429 g/mol. The Labute approximate surface area is 179 Å². The predicted octanol–water partition coefficient (Wildman–Crippen LogP) is 2.66. The summed E-state index contributed by atoms with van der Waals surface area (Å²) in [5.41, 5.74) is 0.519. The monoisotopic (exact) mass is 446 g/mol. The minimum atomic E-state index is -4.84. The second-order valence-corrected chi connectivity index (χ2v) is 7.83. The summed E-state index contributed by atoms with van der Waals surface area (Å²) in [6.45, 7) is 1.38. The van der Waals surface area contributed by atoms with Gasteiger partial charge >= 0.3 is 6.36 Å². The van der Waals surface area contributed by atoms with Gasteiger partial charge in [0.1, 0.15) is 29.3 Å². The fraction of sp³-hybridized carbons (Fsp3) is 0.350. The average molecular weight is 446 g/mol. The molecule has 2 aromatic heterocycles. The maximum absolute atomic E-state index is 13.0. The van der Waals surface area contributed by atoms with Gasteiger partial charge in [0.15, 0.2) is 5.65 Å². The van der Waals surface area contributed by atoms with Crippen LogP contribution in [0.25, 0.3) is 11.2 Å². The average Bonchev–Trinajstić information content (AvgIpc) is 3.10. The van der Waals surface area contributed by atoms with E-state index in [4.69, 9.17) is 0 Å². The summed E-state index contributed by atoms with van der Waals surface area (Å²) in [6, 6.07) is 4.21. The number of aromatic nitrogens is 4. The number of rotatable bonds is 4. The number of hydrogen-bond acceptors (Lipinski definition) is 6. The minimum absolute atomic E-state index is 0.0226. The number of fused-ring (bicyclic) bond motifs is 2. The third kappa shape index (κ3) is 3.22. The molecule has 3 atom stereocenters. The maximum Gasteiger partial charge on any atom is 0.573 e. The highest BCUT2D eigenvalue weighted by Gasteiger charge is 2.69. The van der Waals surface area contributed by atoms with E-state index in [1.807, 2.05) is 0 Å². The molecule has 9 nitrogen and oxygen atoms in total. The van der Waals surface area contributed by atoms with Crippen molar-refractivity contribution in [2.24, 2.45) is 5.92 Å². The number of imidazole rings is 1. The largest absolute Gasteiger partial charge is 0.573 e. The number of halogens is 3. The molecule has 0 spiro atoms. The van der Waals surface area contributed by atoms with Gasteiger partial charge in [-0.05, 0) is 25.0 Å². The van der Waals surface area contributed by atoms with E-state index < -0.39 is 29.7 Å². The van der Waals surface area contributed by atoms with E-state index in [0.717, 1.165) is 12.1 Å². The summed E-state index contributed by atoms with van der Waals surface area (Å²) in [5.74, 6) is -1.21. The van der Waals surface area contributed by atoms with Crippen molar-refractivity contribution >= 4 is 28.7 Å². The first-order valence-corrected chi connectivity index (χ1v) is 9.79. The number of piperidine rings is 1. The third-order valence-electron chi connectivity index (χ3n) is 5.88. The van der Waals surface area contributed by atoms with Crippen LogP contribution in [0.1, 0.15) is 19.8 Å². The standard InChI is InChI=1S/C20H17F3N6O3/c1-11(30)29-16(18(31)27-13-3-2-4-14(6-13)32-20(21,22)23)5-12-7-19(12,29)28-10-26-15-8-24-9-25-17(15)28/h2-4,6,8-10,12,16H,5,7H2,1H3,(H,27,31). The summed E-state index contributed by atoms with van der Waals surface area (Å²) >= 11 is 0. The number of ether oxygens (including phenoxy) is 1. The quantitative estimate of drug-likeness (QED) is 0.661. The smallest absolute Gasteiger partial charge is 0.406 e. The van der Waals surface area contributed by atoms with E-state index in [9.17, 15) is 22.8 Å². The van der Waals surface area contributed by atoms with Gasteiger partial charge in [-0.2, -0.15) is 0 Å². The SMILES string of the molecule is CC(=O)N1C(C(=O)Nc2cccc(OC(F)(F)F)c2)CC2CC21n1cnc2cncnc21. The van der Waals surface area contributed by atoms with E-state index >= 15 is 0 Å². The third-order valence-corrected chi connectivity index (χ3v) is 5.88. The van der Waals surface area contributed by atoms with Gasteiger partial charge in [-0.25, -0.2) is 15.0 Å². The van der Waals surface area contributed by atoms with E-state index in [2.05, 4.69) is 25.0 Å². The molecule has 12 heteroatoms. The maximum atomic E-state index is 13.0. The molecule has 2 amide bonds. The van der Waals surface area contributed by atoms with Crippen molar-refractivity contribution in [2.75, 3.05) is 5.32 Å². The van der Waals surface area contributed by atoms with Crippen LogP contribution in [0.5, 0.6) is 5.75 Å². The van der Waals surface area contributed by atoms with Crippen molar-refractivity contribution in [1.29, 1.82) is 0 Å². The molecule has 1 aliphatic carbocycles. The highest BCUT2D eigenvalue weighted by Crippen LogP contribution is 2.62. The number of hydrogen-bond donors (Lipinski definition) is 1. The number of benzene rings is 1. The zero-order valence-electron chi connectivity index (χ0n) is 16.7. The van der Waals surface area contributed by atoms with E-state index in [-0.39, 0.29) is 17.5 Å². The Kier molecular flexibility index (Phi) is 4.36. The Hall–Kier alpha value is -3.70. The normalized spacial score (nSPS) is 24.3. The molecule has 0 bridgehead atoms. The summed E-state index contributed by atoms with van der Waals surface area (Å²) in [5, 5.41) is 2.60. The number of carbonyl (C=O) groups is 2. The number of amides is 2. The molecule has 1 aromatic carbocycles. The van der Waals surface area contributed by atoms with Crippen LogP contribution in [0.4, 0.5) is 18.9 Å². The van der Waals surface area contributed by atoms with Gasteiger partial charge in [0, 0.05) is 24.6 Å². The van der Waals surface area contributed by atoms with Crippen molar-refractivity contribution in [3.05, 3.63) is 43.1 Å². The molecule has 1 saturated heterocycles. The van der Waals surface area contributed by atoms with Crippen LogP contribution in [0, 0.1) is 5.92 Å². The first-order chi connectivity index (χ1) is 15.2. The predicted molar refractivity (Wildman–Crippen MR) is 104 cm³/mol. The molecule has 3 aromatic rings. The minimum Gasteiger partial charge on any atom is -0.406 e. The Morgan fingerprint density at radius 2 is 2.09 bits per heavy atom. The topological polar surface area (TPSA) is 102 Å². The Balaban J connectivity index is 1.41. The van der Waals surface area contributed by atoms with Gasteiger partial charge in [-0.3, -0.25) is 14.2 Å². The number of carbonyl (C=O) groups excluding carboxylic acids is 2. The molecular formula is C20H17F3N6O3. The van der Waals surface area contributed by atoms with Gasteiger partial charge in [0.25, 0.3) is 0 Å².